The molecule has 0 saturated heterocycles. The molecule has 2 aromatic carbocycles. The van der Waals surface area contributed by atoms with Crippen LogP contribution in [0.15, 0.2) is 42.5 Å². The molecule has 0 aliphatic rings. The van der Waals surface area contributed by atoms with Crippen molar-refractivity contribution in [3.05, 3.63) is 70.5 Å². The van der Waals surface area contributed by atoms with E-state index in [1.165, 1.54) is 16.7 Å². The number of hydrogen-bond acceptors (Lipinski definition) is 0. The maximum atomic E-state index is 13.0. The van der Waals surface area contributed by atoms with Gasteiger partial charge in [-0.1, -0.05) is 85.7 Å². The quantitative estimate of drug-likeness (QED) is 0.528. The third-order valence-corrected chi connectivity index (χ3v) is 4.53. The number of rotatable bonds is 4. The van der Waals surface area contributed by atoms with Gasteiger partial charge in [-0.2, -0.15) is 0 Å². The highest BCUT2D eigenvalue weighted by Crippen LogP contribution is 2.27. The van der Waals surface area contributed by atoms with Gasteiger partial charge in [0.15, 0.2) is 0 Å². The summed E-state index contributed by atoms with van der Waals surface area (Å²) in [5, 5.41) is 0. The summed E-state index contributed by atoms with van der Waals surface area (Å²) in [6.45, 7) is 17.5. The van der Waals surface area contributed by atoms with E-state index in [0.29, 0.717) is 23.7 Å². The first kappa shape index (κ1) is 21.4. The van der Waals surface area contributed by atoms with E-state index < -0.39 is 0 Å². The maximum Gasteiger partial charge on any atom is 0.123 e. The van der Waals surface area contributed by atoms with Crippen LogP contribution in [0.5, 0.6) is 0 Å². The molecular formula is C24H35F. The second-order valence-electron chi connectivity index (χ2n) is 8.02. The van der Waals surface area contributed by atoms with Crippen molar-refractivity contribution in [2.45, 2.75) is 79.1 Å². The molecule has 0 bridgehead atoms. The molecular weight excluding hydrogens is 307 g/mol. The zero-order valence-electron chi connectivity index (χ0n) is 17.2. The molecule has 0 aliphatic heterocycles. The van der Waals surface area contributed by atoms with E-state index in [2.05, 4.69) is 79.7 Å². The molecule has 0 fully saturated rings. The molecule has 138 valence electrons. The van der Waals surface area contributed by atoms with Crippen LogP contribution >= 0.6 is 0 Å². The van der Waals surface area contributed by atoms with Gasteiger partial charge in [0.25, 0.3) is 0 Å². The van der Waals surface area contributed by atoms with Crippen LogP contribution in [0, 0.1) is 5.82 Å². The van der Waals surface area contributed by atoms with Crippen LogP contribution in [0.3, 0.4) is 0 Å². The summed E-state index contributed by atoms with van der Waals surface area (Å²) in [4.78, 5) is 0. The second kappa shape index (κ2) is 9.75. The lowest BCUT2D eigenvalue weighted by Crippen LogP contribution is -1.99. The van der Waals surface area contributed by atoms with Crippen molar-refractivity contribution in [2.75, 3.05) is 0 Å². The Labute approximate surface area is 154 Å². The van der Waals surface area contributed by atoms with Crippen LogP contribution < -0.4 is 0 Å². The lowest BCUT2D eigenvalue weighted by atomic mass is 9.91. The zero-order valence-corrected chi connectivity index (χ0v) is 17.2. The fourth-order valence-corrected chi connectivity index (χ4v) is 3.13. The molecule has 2 aromatic rings. The van der Waals surface area contributed by atoms with Crippen molar-refractivity contribution in [3.8, 4) is 0 Å². The minimum absolute atomic E-state index is 0.131. The molecule has 0 N–H and O–H groups in total. The van der Waals surface area contributed by atoms with Gasteiger partial charge in [-0.15, -0.1) is 0 Å². The molecule has 0 atom stereocenters. The molecule has 0 radical (unpaired) electrons. The average molecular weight is 343 g/mol. The van der Waals surface area contributed by atoms with Crippen molar-refractivity contribution in [1.82, 2.24) is 0 Å². The van der Waals surface area contributed by atoms with Crippen molar-refractivity contribution in [3.63, 3.8) is 0 Å². The van der Waals surface area contributed by atoms with Crippen molar-refractivity contribution in [2.24, 2.45) is 0 Å². The summed E-state index contributed by atoms with van der Waals surface area (Å²) in [6, 6.07) is 13.8. The summed E-state index contributed by atoms with van der Waals surface area (Å²) >= 11 is 0. The third kappa shape index (κ3) is 6.30. The monoisotopic (exact) mass is 342 g/mol. The Morgan fingerprint density at radius 1 is 0.520 bits per heavy atom. The van der Waals surface area contributed by atoms with Gasteiger partial charge in [0.05, 0.1) is 0 Å². The molecule has 0 heterocycles. The van der Waals surface area contributed by atoms with Gasteiger partial charge in [0, 0.05) is 0 Å². The molecule has 0 spiro atoms. The smallest absolute Gasteiger partial charge is 0.123 e. The Kier molecular flexibility index (Phi) is 8.35. The minimum Gasteiger partial charge on any atom is -0.207 e. The van der Waals surface area contributed by atoms with Gasteiger partial charge in [0.2, 0.25) is 0 Å². The van der Waals surface area contributed by atoms with E-state index in [1.54, 1.807) is 12.1 Å². The summed E-state index contributed by atoms with van der Waals surface area (Å²) in [6.07, 6.45) is 0. The standard InChI is InChI=1S/C12H17F.C12H18/c1-8(2)11-6-5-10(13)7-12(11)9(3)4;1-9(2)11-7-5-6-8-12(11)10(3)4/h5-9H,1-4H3;5-10H,1-4H3. The zero-order chi connectivity index (χ0) is 19.1. The van der Waals surface area contributed by atoms with E-state index in [0.717, 1.165) is 5.56 Å². The molecule has 0 nitrogen and oxygen atoms in total. The van der Waals surface area contributed by atoms with Crippen LogP contribution in [-0.4, -0.2) is 0 Å². The lowest BCUT2D eigenvalue weighted by Gasteiger charge is -2.15. The molecule has 1 heteroatoms. The van der Waals surface area contributed by atoms with Crippen LogP contribution in [0.2, 0.25) is 0 Å². The van der Waals surface area contributed by atoms with E-state index in [4.69, 9.17) is 0 Å². The van der Waals surface area contributed by atoms with Gasteiger partial charge in [-0.05, 0) is 58.1 Å². The predicted octanol–water partition coefficient (Wildman–Crippen LogP) is 8.01. The Bertz CT molecular complexity index is 624. The van der Waals surface area contributed by atoms with Crippen molar-refractivity contribution in [1.29, 1.82) is 0 Å². The first-order valence-electron chi connectivity index (χ1n) is 9.53. The Balaban J connectivity index is 0.000000251. The van der Waals surface area contributed by atoms with Crippen LogP contribution in [0.1, 0.15) is 101 Å². The lowest BCUT2D eigenvalue weighted by molar-refractivity contribution is 0.620. The Morgan fingerprint density at radius 3 is 1.24 bits per heavy atom. The topological polar surface area (TPSA) is 0 Å². The van der Waals surface area contributed by atoms with Gasteiger partial charge >= 0.3 is 0 Å². The van der Waals surface area contributed by atoms with Crippen LogP contribution in [0.25, 0.3) is 0 Å². The predicted molar refractivity (Wildman–Crippen MR) is 109 cm³/mol. The molecule has 0 saturated carbocycles. The van der Waals surface area contributed by atoms with Gasteiger partial charge in [0.1, 0.15) is 5.82 Å². The highest BCUT2D eigenvalue weighted by molar-refractivity contribution is 5.33. The summed E-state index contributed by atoms with van der Waals surface area (Å²) < 4.78 is 13.0. The first-order valence-corrected chi connectivity index (χ1v) is 9.53. The number of halogens is 1. The second-order valence-corrected chi connectivity index (χ2v) is 8.02. The fraction of sp³-hybridized carbons (Fsp3) is 0.500. The van der Waals surface area contributed by atoms with Crippen molar-refractivity contribution < 1.29 is 4.39 Å². The fourth-order valence-electron chi connectivity index (χ4n) is 3.13. The average Bonchev–Trinajstić information content (AvgIpc) is 2.54. The van der Waals surface area contributed by atoms with Gasteiger partial charge in [-0.3, -0.25) is 0 Å². The summed E-state index contributed by atoms with van der Waals surface area (Å²) in [5.74, 6) is 2.02. The Morgan fingerprint density at radius 2 is 0.880 bits per heavy atom. The molecule has 25 heavy (non-hydrogen) atoms. The molecule has 0 aromatic heterocycles. The highest BCUT2D eigenvalue weighted by atomic mass is 19.1. The van der Waals surface area contributed by atoms with E-state index in [9.17, 15) is 4.39 Å². The SMILES string of the molecule is CC(C)c1ccc(F)cc1C(C)C.CC(C)c1ccccc1C(C)C. The van der Waals surface area contributed by atoms with Crippen LogP contribution in [0.4, 0.5) is 4.39 Å². The number of benzene rings is 2. The first-order chi connectivity index (χ1) is 11.6. The third-order valence-electron chi connectivity index (χ3n) is 4.53. The highest BCUT2D eigenvalue weighted by Gasteiger charge is 2.10. The van der Waals surface area contributed by atoms with E-state index >= 15 is 0 Å². The van der Waals surface area contributed by atoms with Gasteiger partial charge in [-0.25, -0.2) is 4.39 Å². The summed E-state index contributed by atoms with van der Waals surface area (Å²) in [7, 11) is 0. The number of hydrogen-bond donors (Lipinski definition) is 0. The molecule has 0 unspecified atom stereocenters. The normalized spacial score (nSPS) is 11.2. The van der Waals surface area contributed by atoms with Gasteiger partial charge < -0.3 is 0 Å². The maximum absolute atomic E-state index is 13.0. The summed E-state index contributed by atoms with van der Waals surface area (Å²) in [5.41, 5.74) is 5.38. The molecule has 0 amide bonds. The largest absolute Gasteiger partial charge is 0.207 e. The van der Waals surface area contributed by atoms with Crippen LogP contribution in [-0.2, 0) is 0 Å². The molecule has 2 rings (SSSR count). The van der Waals surface area contributed by atoms with E-state index in [1.807, 2.05) is 6.07 Å². The van der Waals surface area contributed by atoms with E-state index in [-0.39, 0.29) is 5.82 Å². The Hall–Kier alpha value is -1.63. The van der Waals surface area contributed by atoms with Crippen molar-refractivity contribution >= 4 is 0 Å². The molecule has 0 aliphatic carbocycles. The minimum atomic E-state index is -0.131.